The highest BCUT2D eigenvalue weighted by Crippen LogP contribution is 2.39. The second-order valence-electron chi connectivity index (χ2n) is 4.64. The predicted molar refractivity (Wildman–Crippen MR) is 72.6 cm³/mol. The van der Waals surface area contributed by atoms with Gasteiger partial charge in [-0.2, -0.15) is 0 Å². The predicted octanol–water partition coefficient (Wildman–Crippen LogP) is 2.24. The first-order valence-corrected chi connectivity index (χ1v) is 6.23. The third kappa shape index (κ3) is 1.67. The van der Waals surface area contributed by atoms with Crippen molar-refractivity contribution in [3.63, 3.8) is 0 Å². The monoisotopic (exact) mass is 271 g/mol. The molecule has 1 aliphatic carbocycles. The maximum atomic E-state index is 11.3. The average molecular weight is 271 g/mol. The molecule has 1 aliphatic rings. The minimum Gasteiger partial charge on any atom is -0.494 e. The highest BCUT2D eigenvalue weighted by atomic mass is 16.4. The van der Waals surface area contributed by atoms with Crippen LogP contribution in [-0.4, -0.2) is 25.9 Å². The molecule has 0 amide bonds. The molecule has 0 atom stereocenters. The molecule has 0 saturated carbocycles. The Morgan fingerprint density at radius 2 is 1.55 bits per heavy atom. The Labute approximate surface area is 115 Å². The number of allylic oxidation sites excluding steroid dienone is 2. The number of aromatic carboxylic acids is 1. The zero-order valence-electron chi connectivity index (χ0n) is 10.6. The van der Waals surface area contributed by atoms with Crippen LogP contribution in [0.1, 0.15) is 21.5 Å². The van der Waals surface area contributed by atoms with Crippen LogP contribution in [0.25, 0.3) is 5.69 Å². The number of nitrogens with zero attached hydrogens (tertiary/aromatic N) is 1. The SMILES string of the molecule is O=C(O)c1ccccc1-n1c(O)c2c(c1O)CC=CC2. The molecule has 102 valence electrons. The van der Waals surface area contributed by atoms with Crippen LogP contribution in [0.15, 0.2) is 36.4 Å². The van der Waals surface area contributed by atoms with Crippen molar-refractivity contribution in [2.45, 2.75) is 12.8 Å². The van der Waals surface area contributed by atoms with E-state index in [1.165, 1.54) is 10.6 Å². The molecule has 0 unspecified atom stereocenters. The summed E-state index contributed by atoms with van der Waals surface area (Å²) in [5, 5.41) is 29.8. The summed E-state index contributed by atoms with van der Waals surface area (Å²) in [4.78, 5) is 11.3. The standard InChI is InChI=1S/C15H13NO4/c17-13-9-5-1-2-6-10(9)14(18)16(13)12-8-4-3-7-11(12)15(19)20/h1-4,7-8,17-18H,5-6H2,(H,19,20). The fourth-order valence-corrected chi connectivity index (χ4v) is 2.55. The zero-order chi connectivity index (χ0) is 14.3. The topological polar surface area (TPSA) is 82.7 Å². The summed E-state index contributed by atoms with van der Waals surface area (Å²) >= 11 is 0. The molecule has 0 aliphatic heterocycles. The van der Waals surface area contributed by atoms with E-state index in [2.05, 4.69) is 0 Å². The van der Waals surface area contributed by atoms with Gasteiger partial charge in [-0.05, 0) is 25.0 Å². The zero-order valence-corrected chi connectivity index (χ0v) is 10.6. The van der Waals surface area contributed by atoms with Crippen LogP contribution in [0.5, 0.6) is 11.8 Å². The van der Waals surface area contributed by atoms with Gasteiger partial charge in [0.1, 0.15) is 0 Å². The number of rotatable bonds is 2. The molecule has 3 N–H and O–H groups in total. The van der Waals surface area contributed by atoms with E-state index >= 15 is 0 Å². The molecular formula is C15H13NO4. The molecule has 3 rings (SSSR count). The highest BCUT2D eigenvalue weighted by Gasteiger charge is 2.25. The molecule has 5 heteroatoms. The third-order valence-electron chi connectivity index (χ3n) is 3.51. The molecule has 5 nitrogen and oxygen atoms in total. The first-order chi connectivity index (χ1) is 9.61. The van der Waals surface area contributed by atoms with E-state index in [0.717, 1.165) is 0 Å². The Hall–Kier alpha value is -2.69. The van der Waals surface area contributed by atoms with E-state index < -0.39 is 5.97 Å². The van der Waals surface area contributed by atoms with E-state index in [-0.39, 0.29) is 23.0 Å². The van der Waals surface area contributed by atoms with Crippen LogP contribution >= 0.6 is 0 Å². The fraction of sp³-hybridized carbons (Fsp3) is 0.133. The van der Waals surface area contributed by atoms with E-state index in [1.54, 1.807) is 18.2 Å². The van der Waals surface area contributed by atoms with Crippen LogP contribution in [-0.2, 0) is 12.8 Å². The number of carbonyl (C=O) groups is 1. The van der Waals surface area contributed by atoms with E-state index in [4.69, 9.17) is 0 Å². The molecule has 0 radical (unpaired) electrons. The average Bonchev–Trinajstić information content (AvgIpc) is 2.71. The summed E-state index contributed by atoms with van der Waals surface area (Å²) < 4.78 is 1.20. The van der Waals surface area contributed by atoms with Crippen molar-refractivity contribution in [1.82, 2.24) is 4.57 Å². The minimum atomic E-state index is -1.11. The second kappa shape index (κ2) is 4.45. The molecule has 0 spiro atoms. The van der Waals surface area contributed by atoms with Gasteiger partial charge in [0.05, 0.1) is 11.3 Å². The number of benzene rings is 1. The summed E-state index contributed by atoms with van der Waals surface area (Å²) in [5.41, 5.74) is 1.57. The van der Waals surface area contributed by atoms with Crippen LogP contribution in [0.2, 0.25) is 0 Å². The van der Waals surface area contributed by atoms with Crippen molar-refractivity contribution in [1.29, 1.82) is 0 Å². The largest absolute Gasteiger partial charge is 0.494 e. The lowest BCUT2D eigenvalue weighted by Gasteiger charge is -2.10. The van der Waals surface area contributed by atoms with E-state index in [9.17, 15) is 20.1 Å². The summed E-state index contributed by atoms with van der Waals surface area (Å²) in [5.74, 6) is -1.31. The molecule has 0 bridgehead atoms. The Kier molecular flexibility index (Phi) is 2.75. The maximum absolute atomic E-state index is 11.3. The van der Waals surface area contributed by atoms with Gasteiger partial charge in [-0.25, -0.2) is 4.79 Å². The van der Waals surface area contributed by atoms with Crippen molar-refractivity contribution >= 4 is 5.97 Å². The molecule has 20 heavy (non-hydrogen) atoms. The quantitative estimate of drug-likeness (QED) is 0.731. The Morgan fingerprint density at radius 3 is 2.10 bits per heavy atom. The number of aromatic nitrogens is 1. The lowest BCUT2D eigenvalue weighted by molar-refractivity contribution is 0.0697. The molecule has 2 aromatic rings. The Bertz CT molecular complexity index is 696. The van der Waals surface area contributed by atoms with Gasteiger partial charge in [0.2, 0.25) is 11.8 Å². The third-order valence-corrected chi connectivity index (χ3v) is 3.51. The first kappa shape index (κ1) is 12.3. The van der Waals surface area contributed by atoms with Gasteiger partial charge in [-0.3, -0.25) is 4.57 Å². The normalized spacial score (nSPS) is 13.2. The summed E-state index contributed by atoms with van der Waals surface area (Å²) in [6.45, 7) is 0. The number of fused-ring (bicyclic) bond motifs is 1. The van der Waals surface area contributed by atoms with Crippen molar-refractivity contribution in [2.24, 2.45) is 0 Å². The number of para-hydroxylation sites is 1. The van der Waals surface area contributed by atoms with Gasteiger partial charge >= 0.3 is 5.97 Å². The highest BCUT2D eigenvalue weighted by molar-refractivity contribution is 5.92. The van der Waals surface area contributed by atoms with Crippen molar-refractivity contribution < 1.29 is 20.1 Å². The Balaban J connectivity index is 2.27. The summed E-state index contributed by atoms with van der Waals surface area (Å²) in [6.07, 6.45) is 4.87. The van der Waals surface area contributed by atoms with Crippen molar-refractivity contribution in [2.75, 3.05) is 0 Å². The molecule has 1 aromatic heterocycles. The maximum Gasteiger partial charge on any atom is 0.337 e. The number of hydrogen-bond acceptors (Lipinski definition) is 3. The van der Waals surface area contributed by atoms with Crippen LogP contribution in [0.3, 0.4) is 0 Å². The van der Waals surface area contributed by atoms with Gasteiger partial charge in [0.25, 0.3) is 0 Å². The van der Waals surface area contributed by atoms with Gasteiger partial charge in [-0.1, -0.05) is 24.3 Å². The Morgan fingerprint density at radius 1 is 1.00 bits per heavy atom. The van der Waals surface area contributed by atoms with E-state index in [1.807, 2.05) is 12.2 Å². The van der Waals surface area contributed by atoms with E-state index in [0.29, 0.717) is 24.0 Å². The first-order valence-electron chi connectivity index (χ1n) is 6.23. The molecule has 1 aromatic carbocycles. The summed E-state index contributed by atoms with van der Waals surface area (Å²) in [6, 6.07) is 6.26. The van der Waals surface area contributed by atoms with Crippen LogP contribution in [0, 0.1) is 0 Å². The van der Waals surface area contributed by atoms with Crippen molar-refractivity contribution in [3.8, 4) is 17.4 Å². The van der Waals surface area contributed by atoms with Crippen molar-refractivity contribution in [3.05, 3.63) is 53.1 Å². The van der Waals surface area contributed by atoms with Crippen LogP contribution in [0.4, 0.5) is 0 Å². The number of aromatic hydroxyl groups is 2. The van der Waals surface area contributed by atoms with Gasteiger partial charge in [-0.15, -0.1) is 0 Å². The van der Waals surface area contributed by atoms with Gasteiger partial charge < -0.3 is 15.3 Å². The molecular weight excluding hydrogens is 258 g/mol. The lowest BCUT2D eigenvalue weighted by Crippen LogP contribution is -2.04. The number of carboxylic acid groups (broad SMARTS) is 1. The van der Waals surface area contributed by atoms with Gasteiger partial charge in [0.15, 0.2) is 0 Å². The molecule has 1 heterocycles. The fourth-order valence-electron chi connectivity index (χ4n) is 2.55. The van der Waals surface area contributed by atoms with Crippen LogP contribution < -0.4 is 0 Å². The molecule has 0 fully saturated rings. The summed E-state index contributed by atoms with van der Waals surface area (Å²) in [7, 11) is 0. The second-order valence-corrected chi connectivity index (χ2v) is 4.64. The lowest BCUT2D eigenvalue weighted by atomic mass is 10.0. The smallest absolute Gasteiger partial charge is 0.337 e. The number of hydrogen-bond donors (Lipinski definition) is 3. The minimum absolute atomic E-state index is 0.0263. The number of carboxylic acids is 1. The molecule has 0 saturated heterocycles. The van der Waals surface area contributed by atoms with Gasteiger partial charge in [0, 0.05) is 11.1 Å².